The average Bonchev–Trinajstić information content (AvgIpc) is 3.09. The van der Waals surface area contributed by atoms with E-state index in [0.29, 0.717) is 6.07 Å². The second kappa shape index (κ2) is 7.59. The van der Waals surface area contributed by atoms with Crippen LogP contribution in [0.15, 0.2) is 47.4 Å². The SMILES string of the molecule is O=S(=O)(NCc1ccccc1CN1CCCC1)c1ccc(F)c(F)c1. The topological polar surface area (TPSA) is 49.4 Å². The Morgan fingerprint density at radius 1 is 0.960 bits per heavy atom. The molecular formula is C18H20F2N2O2S. The molecule has 0 radical (unpaired) electrons. The smallest absolute Gasteiger partial charge is 0.240 e. The number of nitrogens with one attached hydrogen (secondary N) is 1. The maximum absolute atomic E-state index is 13.3. The van der Waals surface area contributed by atoms with Crippen molar-refractivity contribution in [2.75, 3.05) is 13.1 Å². The fourth-order valence-corrected chi connectivity index (χ4v) is 3.98. The van der Waals surface area contributed by atoms with Gasteiger partial charge in [0.15, 0.2) is 11.6 Å². The third-order valence-corrected chi connectivity index (χ3v) is 5.76. The first-order valence-corrected chi connectivity index (χ1v) is 9.68. The van der Waals surface area contributed by atoms with E-state index in [1.54, 1.807) is 0 Å². The Morgan fingerprint density at radius 3 is 2.32 bits per heavy atom. The van der Waals surface area contributed by atoms with Crippen molar-refractivity contribution in [1.29, 1.82) is 0 Å². The Bertz CT molecular complexity index is 850. The second-order valence-corrected chi connectivity index (χ2v) is 7.92. The zero-order valence-electron chi connectivity index (χ0n) is 13.7. The number of rotatable bonds is 6. The Hall–Kier alpha value is -1.83. The molecule has 0 spiro atoms. The van der Waals surface area contributed by atoms with Crippen molar-refractivity contribution in [2.45, 2.75) is 30.8 Å². The van der Waals surface area contributed by atoms with Crippen LogP contribution in [0.4, 0.5) is 8.78 Å². The van der Waals surface area contributed by atoms with Crippen LogP contribution in [-0.2, 0) is 23.1 Å². The van der Waals surface area contributed by atoms with Crippen LogP contribution in [0.5, 0.6) is 0 Å². The molecule has 0 bridgehead atoms. The van der Waals surface area contributed by atoms with Gasteiger partial charge in [-0.2, -0.15) is 0 Å². The Morgan fingerprint density at radius 2 is 1.64 bits per heavy atom. The summed E-state index contributed by atoms with van der Waals surface area (Å²) in [6, 6.07) is 10.2. The zero-order chi connectivity index (χ0) is 17.9. The average molecular weight is 366 g/mol. The highest BCUT2D eigenvalue weighted by atomic mass is 32.2. The van der Waals surface area contributed by atoms with Crippen molar-refractivity contribution in [2.24, 2.45) is 0 Å². The Labute approximate surface area is 146 Å². The maximum Gasteiger partial charge on any atom is 0.240 e. The van der Waals surface area contributed by atoms with Gasteiger partial charge in [0.25, 0.3) is 0 Å². The largest absolute Gasteiger partial charge is 0.299 e. The van der Waals surface area contributed by atoms with Crippen molar-refractivity contribution in [3.8, 4) is 0 Å². The molecule has 0 unspecified atom stereocenters. The number of likely N-dealkylation sites (tertiary alicyclic amines) is 1. The molecule has 0 saturated carbocycles. The number of hydrogen-bond acceptors (Lipinski definition) is 3. The molecule has 1 aliphatic heterocycles. The van der Waals surface area contributed by atoms with Crippen LogP contribution in [0.3, 0.4) is 0 Å². The number of hydrogen-bond donors (Lipinski definition) is 1. The van der Waals surface area contributed by atoms with Gasteiger partial charge in [0, 0.05) is 13.1 Å². The van der Waals surface area contributed by atoms with Crippen LogP contribution < -0.4 is 4.72 Å². The van der Waals surface area contributed by atoms with Gasteiger partial charge < -0.3 is 0 Å². The molecule has 0 aliphatic carbocycles. The van der Waals surface area contributed by atoms with Gasteiger partial charge in [0.2, 0.25) is 10.0 Å². The Kier molecular flexibility index (Phi) is 5.46. The summed E-state index contributed by atoms with van der Waals surface area (Å²) in [5.41, 5.74) is 1.94. The quantitative estimate of drug-likeness (QED) is 0.855. The van der Waals surface area contributed by atoms with E-state index in [1.165, 1.54) is 12.8 Å². The molecule has 2 aromatic carbocycles. The van der Waals surface area contributed by atoms with E-state index in [4.69, 9.17) is 0 Å². The fraction of sp³-hybridized carbons (Fsp3) is 0.333. The summed E-state index contributed by atoms with van der Waals surface area (Å²) < 4.78 is 53.4. The molecule has 0 aromatic heterocycles. The summed E-state index contributed by atoms with van der Waals surface area (Å²) in [6.07, 6.45) is 2.37. The third kappa shape index (κ3) is 4.42. The summed E-state index contributed by atoms with van der Waals surface area (Å²) in [5.74, 6) is -2.26. The lowest BCUT2D eigenvalue weighted by Gasteiger charge is -2.17. The van der Waals surface area contributed by atoms with Gasteiger partial charge in [0.05, 0.1) is 4.90 Å². The molecule has 0 atom stereocenters. The van der Waals surface area contributed by atoms with Gasteiger partial charge in [-0.3, -0.25) is 4.90 Å². The minimum Gasteiger partial charge on any atom is -0.299 e. The van der Waals surface area contributed by atoms with Gasteiger partial charge in [-0.15, -0.1) is 0 Å². The standard InChI is InChI=1S/C18H20F2N2O2S/c19-17-8-7-16(11-18(17)20)25(23,24)21-12-14-5-1-2-6-15(14)13-22-9-3-4-10-22/h1-2,5-8,11,21H,3-4,9-10,12-13H2. The number of benzene rings is 2. The normalized spacial score (nSPS) is 15.6. The monoisotopic (exact) mass is 366 g/mol. The Balaban J connectivity index is 1.73. The number of nitrogens with zero attached hydrogens (tertiary/aromatic N) is 1. The zero-order valence-corrected chi connectivity index (χ0v) is 14.5. The van der Waals surface area contributed by atoms with Gasteiger partial charge >= 0.3 is 0 Å². The molecule has 1 aliphatic rings. The first kappa shape index (κ1) is 18.0. The van der Waals surface area contributed by atoms with Crippen LogP contribution >= 0.6 is 0 Å². The lowest BCUT2D eigenvalue weighted by molar-refractivity contribution is 0.330. The van der Waals surface area contributed by atoms with Crippen molar-refractivity contribution in [3.63, 3.8) is 0 Å². The lowest BCUT2D eigenvalue weighted by atomic mass is 10.1. The molecule has 1 fully saturated rings. The molecule has 134 valence electrons. The first-order chi connectivity index (χ1) is 12.0. The number of sulfonamides is 1. The fourth-order valence-electron chi connectivity index (χ4n) is 2.97. The summed E-state index contributed by atoms with van der Waals surface area (Å²) in [7, 11) is -3.91. The van der Waals surface area contributed by atoms with Gasteiger partial charge in [-0.1, -0.05) is 24.3 Å². The van der Waals surface area contributed by atoms with E-state index in [2.05, 4.69) is 9.62 Å². The summed E-state index contributed by atoms with van der Waals surface area (Å²) in [5, 5.41) is 0. The molecular weight excluding hydrogens is 346 g/mol. The number of halogens is 2. The van der Waals surface area contributed by atoms with E-state index in [0.717, 1.165) is 42.9 Å². The molecule has 0 amide bonds. The van der Waals surface area contributed by atoms with Crippen LogP contribution in [0.25, 0.3) is 0 Å². The van der Waals surface area contributed by atoms with Crippen molar-refractivity contribution in [1.82, 2.24) is 9.62 Å². The minimum atomic E-state index is -3.91. The first-order valence-electron chi connectivity index (χ1n) is 8.19. The summed E-state index contributed by atoms with van der Waals surface area (Å²) in [6.45, 7) is 2.98. The minimum absolute atomic E-state index is 0.103. The van der Waals surface area contributed by atoms with E-state index >= 15 is 0 Å². The summed E-state index contributed by atoms with van der Waals surface area (Å²) >= 11 is 0. The van der Waals surface area contributed by atoms with Gasteiger partial charge in [-0.25, -0.2) is 21.9 Å². The highest BCUT2D eigenvalue weighted by Crippen LogP contribution is 2.18. The van der Waals surface area contributed by atoms with Gasteiger partial charge in [-0.05, 0) is 55.3 Å². The van der Waals surface area contributed by atoms with Gasteiger partial charge in [0.1, 0.15) is 0 Å². The highest BCUT2D eigenvalue weighted by Gasteiger charge is 2.18. The molecule has 25 heavy (non-hydrogen) atoms. The van der Waals surface area contributed by atoms with E-state index in [9.17, 15) is 17.2 Å². The van der Waals surface area contributed by atoms with Crippen LogP contribution in [0, 0.1) is 11.6 Å². The van der Waals surface area contributed by atoms with Crippen LogP contribution in [0.1, 0.15) is 24.0 Å². The molecule has 1 saturated heterocycles. The highest BCUT2D eigenvalue weighted by molar-refractivity contribution is 7.89. The van der Waals surface area contributed by atoms with E-state index in [1.807, 2.05) is 24.3 Å². The molecule has 7 heteroatoms. The predicted octanol–water partition coefficient (Wildman–Crippen LogP) is 3.04. The molecule has 2 aromatic rings. The maximum atomic E-state index is 13.3. The second-order valence-electron chi connectivity index (χ2n) is 6.15. The van der Waals surface area contributed by atoms with E-state index in [-0.39, 0.29) is 11.4 Å². The lowest BCUT2D eigenvalue weighted by Crippen LogP contribution is -2.25. The van der Waals surface area contributed by atoms with Crippen molar-refractivity contribution >= 4 is 10.0 Å². The van der Waals surface area contributed by atoms with Crippen LogP contribution in [0.2, 0.25) is 0 Å². The predicted molar refractivity (Wildman–Crippen MR) is 91.3 cm³/mol. The molecule has 3 rings (SSSR count). The third-order valence-electron chi connectivity index (χ3n) is 4.37. The molecule has 1 heterocycles. The molecule has 4 nitrogen and oxygen atoms in total. The molecule has 1 N–H and O–H groups in total. The van der Waals surface area contributed by atoms with E-state index < -0.39 is 21.7 Å². The van der Waals surface area contributed by atoms with Crippen molar-refractivity contribution < 1.29 is 17.2 Å². The van der Waals surface area contributed by atoms with Crippen LogP contribution in [-0.4, -0.2) is 26.4 Å². The van der Waals surface area contributed by atoms with Crippen molar-refractivity contribution in [3.05, 3.63) is 65.2 Å². The summed E-state index contributed by atoms with van der Waals surface area (Å²) in [4.78, 5) is 2.05.